The van der Waals surface area contributed by atoms with Gasteiger partial charge >= 0.3 is 0 Å². The number of nitrogens with zero attached hydrogens (tertiary/aromatic N) is 3. The summed E-state index contributed by atoms with van der Waals surface area (Å²) in [6, 6.07) is 0. The van der Waals surface area contributed by atoms with Gasteiger partial charge in [-0.05, 0) is 90.5 Å². The molecule has 2 aliphatic heterocycles. The van der Waals surface area contributed by atoms with E-state index in [1.807, 2.05) is 7.11 Å². The van der Waals surface area contributed by atoms with E-state index in [4.69, 9.17) is 9.73 Å². The number of halogens is 1. The molecule has 6 nitrogen and oxygen atoms in total. The van der Waals surface area contributed by atoms with E-state index in [-0.39, 0.29) is 29.5 Å². The molecule has 0 spiro atoms. The predicted octanol–water partition coefficient (Wildman–Crippen LogP) is 3.71. The van der Waals surface area contributed by atoms with Crippen LogP contribution in [-0.4, -0.2) is 87.9 Å². The monoisotopic (exact) mass is 549 g/mol. The van der Waals surface area contributed by atoms with Crippen molar-refractivity contribution in [3.8, 4) is 0 Å². The number of ether oxygens (including phenoxy) is 1. The number of nitrogens with one attached hydrogen (secondary N) is 2. The van der Waals surface area contributed by atoms with Crippen LogP contribution in [0.3, 0.4) is 0 Å². The van der Waals surface area contributed by atoms with E-state index in [9.17, 15) is 0 Å². The van der Waals surface area contributed by atoms with Gasteiger partial charge in [0.2, 0.25) is 0 Å². The highest BCUT2D eigenvalue weighted by Crippen LogP contribution is 2.41. The maximum absolute atomic E-state index is 5.41. The molecule has 3 fully saturated rings. The van der Waals surface area contributed by atoms with Crippen LogP contribution in [0.25, 0.3) is 0 Å². The molecule has 3 aliphatic rings. The van der Waals surface area contributed by atoms with Gasteiger partial charge in [0.25, 0.3) is 0 Å². The molecule has 1 saturated carbocycles. The average molecular weight is 550 g/mol. The first-order valence-corrected chi connectivity index (χ1v) is 12.6. The van der Waals surface area contributed by atoms with Crippen molar-refractivity contribution in [2.75, 3.05) is 66.6 Å². The van der Waals surface area contributed by atoms with Gasteiger partial charge in [0.05, 0.1) is 0 Å². The summed E-state index contributed by atoms with van der Waals surface area (Å²) in [5.74, 6) is 1.01. The SMILES string of the molecule is CCNC(=NCC1(CCOC)CCCC1)NCC1(N2CCCCC2)CCN(C)CC1.I. The Labute approximate surface area is 208 Å². The molecule has 0 amide bonds. The number of hydrogen-bond acceptors (Lipinski definition) is 4. The highest BCUT2D eigenvalue weighted by molar-refractivity contribution is 14.0. The maximum atomic E-state index is 5.41. The summed E-state index contributed by atoms with van der Waals surface area (Å²) < 4.78 is 5.41. The molecule has 0 atom stereocenters. The summed E-state index contributed by atoms with van der Waals surface area (Å²) >= 11 is 0. The Morgan fingerprint density at radius 3 is 2.23 bits per heavy atom. The van der Waals surface area contributed by atoms with Crippen LogP contribution in [-0.2, 0) is 4.74 Å². The molecular weight excluding hydrogens is 501 g/mol. The van der Waals surface area contributed by atoms with Crippen LogP contribution in [0.1, 0.15) is 71.1 Å². The van der Waals surface area contributed by atoms with Crippen LogP contribution >= 0.6 is 24.0 Å². The van der Waals surface area contributed by atoms with Crippen LogP contribution in [0.15, 0.2) is 4.99 Å². The number of hydrogen-bond donors (Lipinski definition) is 2. The minimum Gasteiger partial charge on any atom is -0.385 e. The molecule has 0 aromatic carbocycles. The second-order valence-electron chi connectivity index (χ2n) is 10.1. The van der Waals surface area contributed by atoms with Crippen molar-refractivity contribution in [1.82, 2.24) is 20.4 Å². The quantitative estimate of drug-likeness (QED) is 0.261. The fourth-order valence-corrected chi connectivity index (χ4v) is 5.78. The molecule has 1 aliphatic carbocycles. The minimum atomic E-state index is 0. The summed E-state index contributed by atoms with van der Waals surface area (Å²) in [6.07, 6.45) is 13.0. The van der Waals surface area contributed by atoms with Gasteiger partial charge in [-0.3, -0.25) is 9.89 Å². The third kappa shape index (κ3) is 7.71. The number of piperidine rings is 2. The van der Waals surface area contributed by atoms with Gasteiger partial charge in [0.15, 0.2) is 5.96 Å². The zero-order valence-electron chi connectivity index (χ0n) is 20.4. The second kappa shape index (κ2) is 13.6. The highest BCUT2D eigenvalue weighted by atomic mass is 127. The van der Waals surface area contributed by atoms with Crippen LogP contribution < -0.4 is 10.6 Å². The third-order valence-electron chi connectivity index (χ3n) is 7.95. The van der Waals surface area contributed by atoms with Gasteiger partial charge in [-0.1, -0.05) is 19.3 Å². The summed E-state index contributed by atoms with van der Waals surface area (Å²) in [6.45, 7) is 10.8. The maximum Gasteiger partial charge on any atom is 0.191 e. The lowest BCUT2D eigenvalue weighted by atomic mass is 9.83. The average Bonchev–Trinajstić information content (AvgIpc) is 3.25. The van der Waals surface area contributed by atoms with E-state index in [1.54, 1.807) is 0 Å². The lowest BCUT2D eigenvalue weighted by molar-refractivity contribution is 0.0173. The second-order valence-corrected chi connectivity index (χ2v) is 10.1. The summed E-state index contributed by atoms with van der Waals surface area (Å²) in [4.78, 5) is 10.4. The van der Waals surface area contributed by atoms with Gasteiger partial charge in [0, 0.05) is 38.9 Å². The zero-order valence-corrected chi connectivity index (χ0v) is 22.7. The van der Waals surface area contributed by atoms with E-state index in [0.29, 0.717) is 5.41 Å². The van der Waals surface area contributed by atoms with Crippen molar-refractivity contribution in [2.24, 2.45) is 10.4 Å². The van der Waals surface area contributed by atoms with Crippen molar-refractivity contribution in [3.05, 3.63) is 0 Å². The largest absolute Gasteiger partial charge is 0.385 e. The molecule has 2 heterocycles. The first-order valence-electron chi connectivity index (χ1n) is 12.6. The minimum absolute atomic E-state index is 0. The Morgan fingerprint density at radius 2 is 1.61 bits per heavy atom. The van der Waals surface area contributed by atoms with Crippen molar-refractivity contribution in [1.29, 1.82) is 0 Å². The highest BCUT2D eigenvalue weighted by Gasteiger charge is 2.40. The molecule has 182 valence electrons. The molecule has 31 heavy (non-hydrogen) atoms. The van der Waals surface area contributed by atoms with Crippen molar-refractivity contribution in [2.45, 2.75) is 76.7 Å². The first kappa shape index (κ1) is 27.1. The molecule has 0 unspecified atom stereocenters. The van der Waals surface area contributed by atoms with Gasteiger partial charge in [-0.25, -0.2) is 0 Å². The van der Waals surface area contributed by atoms with E-state index >= 15 is 0 Å². The number of aliphatic imine (C=N–C) groups is 1. The van der Waals surface area contributed by atoms with Gasteiger partial charge < -0.3 is 20.3 Å². The first-order chi connectivity index (χ1) is 14.6. The number of rotatable bonds is 9. The van der Waals surface area contributed by atoms with E-state index in [0.717, 1.165) is 38.6 Å². The Kier molecular flexibility index (Phi) is 11.9. The topological polar surface area (TPSA) is 52.1 Å². The number of guanidine groups is 1. The van der Waals surface area contributed by atoms with Gasteiger partial charge in [0.1, 0.15) is 0 Å². The Morgan fingerprint density at radius 1 is 0.935 bits per heavy atom. The molecule has 0 aromatic heterocycles. The molecule has 0 bridgehead atoms. The Balaban J connectivity index is 0.00000341. The van der Waals surface area contributed by atoms with Crippen molar-refractivity contribution < 1.29 is 4.74 Å². The molecule has 3 rings (SSSR count). The lowest BCUT2D eigenvalue weighted by Gasteiger charge is -2.50. The predicted molar refractivity (Wildman–Crippen MR) is 142 cm³/mol. The van der Waals surface area contributed by atoms with Crippen molar-refractivity contribution in [3.63, 3.8) is 0 Å². The van der Waals surface area contributed by atoms with Gasteiger partial charge in [-0.2, -0.15) is 0 Å². The van der Waals surface area contributed by atoms with E-state index < -0.39 is 0 Å². The van der Waals surface area contributed by atoms with Gasteiger partial charge in [-0.15, -0.1) is 24.0 Å². The van der Waals surface area contributed by atoms with E-state index in [1.165, 1.54) is 84.0 Å². The zero-order chi connectivity index (χ0) is 21.3. The summed E-state index contributed by atoms with van der Waals surface area (Å²) in [5, 5.41) is 7.32. The van der Waals surface area contributed by atoms with Crippen LogP contribution in [0.4, 0.5) is 0 Å². The summed E-state index contributed by atoms with van der Waals surface area (Å²) in [7, 11) is 4.08. The van der Waals surface area contributed by atoms with Crippen LogP contribution in [0, 0.1) is 5.41 Å². The fourth-order valence-electron chi connectivity index (χ4n) is 5.78. The van der Waals surface area contributed by atoms with Crippen LogP contribution in [0.2, 0.25) is 0 Å². The normalized spacial score (nSPS) is 24.5. The molecule has 2 N–H and O–H groups in total. The fraction of sp³-hybridized carbons (Fsp3) is 0.958. The third-order valence-corrected chi connectivity index (χ3v) is 7.95. The molecule has 2 saturated heterocycles. The lowest BCUT2D eigenvalue weighted by Crippen LogP contribution is -2.62. The summed E-state index contributed by atoms with van der Waals surface area (Å²) in [5.41, 5.74) is 0.626. The number of likely N-dealkylation sites (tertiary alicyclic amines) is 2. The molecule has 7 heteroatoms. The van der Waals surface area contributed by atoms with Crippen LogP contribution in [0.5, 0.6) is 0 Å². The molecule has 0 aromatic rings. The smallest absolute Gasteiger partial charge is 0.191 e. The van der Waals surface area contributed by atoms with Crippen molar-refractivity contribution >= 4 is 29.9 Å². The number of methoxy groups -OCH3 is 1. The molecular formula is C24H48IN5O. The molecule has 0 radical (unpaired) electrons. The van der Waals surface area contributed by atoms with E-state index in [2.05, 4.69) is 34.4 Å². The standard InChI is InChI=1S/C24H47N5O.HI/c1-4-25-22(26-20-23(14-19-30-3)10-6-7-11-23)27-21-24(12-17-28(2)18-13-24)29-15-8-5-9-16-29;/h4-21H2,1-3H3,(H2,25,26,27);1H. The Bertz CT molecular complexity index is 524. The Hall–Kier alpha value is -0.120.